The van der Waals surface area contributed by atoms with Crippen LogP contribution in [-0.2, 0) is 20.0 Å². The van der Waals surface area contributed by atoms with Gasteiger partial charge < -0.3 is 15.2 Å². The molecular formula is C22H19ClN4O7S2. The normalized spacial score (nSPS) is 12.0. The van der Waals surface area contributed by atoms with Crippen molar-refractivity contribution in [1.29, 1.82) is 0 Å². The number of anilines is 2. The van der Waals surface area contributed by atoms with Crippen molar-refractivity contribution in [3.05, 3.63) is 59.9 Å². The number of hydrogen-bond acceptors (Lipinski definition) is 10. The third-order valence-corrected chi connectivity index (χ3v) is 8.00. The summed E-state index contributed by atoms with van der Waals surface area (Å²) < 4.78 is 61.0. The van der Waals surface area contributed by atoms with Gasteiger partial charge in [0.25, 0.3) is 10.1 Å². The van der Waals surface area contributed by atoms with Gasteiger partial charge in [0.1, 0.15) is 11.5 Å². The van der Waals surface area contributed by atoms with E-state index >= 15 is 0 Å². The summed E-state index contributed by atoms with van der Waals surface area (Å²) in [6, 6.07) is 14.2. The van der Waals surface area contributed by atoms with Gasteiger partial charge in [-0.25, -0.2) is 8.42 Å². The molecule has 0 unspecified atom stereocenters. The Morgan fingerprint density at radius 3 is 2.36 bits per heavy atom. The van der Waals surface area contributed by atoms with Crippen molar-refractivity contribution in [3.63, 3.8) is 0 Å². The largest absolute Gasteiger partial charge is 0.507 e. The minimum absolute atomic E-state index is 0.0439. The number of phenolic OH excluding ortho intramolecular Hbond substituents is 1. The number of fused-ring (bicyclic) bond motifs is 1. The molecule has 1 heterocycles. The molecule has 1 aromatic heterocycles. The van der Waals surface area contributed by atoms with Crippen LogP contribution in [0.15, 0.2) is 59.5 Å². The topological polar surface area (TPSA) is 169 Å². The fourth-order valence-corrected chi connectivity index (χ4v) is 6.10. The lowest BCUT2D eigenvalue weighted by Crippen LogP contribution is -2.16. The number of nitrogens with one attached hydrogen (secondary N) is 1. The van der Waals surface area contributed by atoms with E-state index in [2.05, 4.69) is 20.3 Å². The van der Waals surface area contributed by atoms with E-state index in [1.165, 1.54) is 31.4 Å². The van der Waals surface area contributed by atoms with E-state index in [0.29, 0.717) is 22.0 Å². The second-order valence-corrected chi connectivity index (χ2v) is 11.5. The van der Waals surface area contributed by atoms with Crippen LogP contribution >= 0.6 is 11.6 Å². The highest BCUT2D eigenvalue weighted by Gasteiger charge is 2.21. The van der Waals surface area contributed by atoms with Gasteiger partial charge in [0.05, 0.1) is 29.2 Å². The van der Waals surface area contributed by atoms with E-state index in [1.807, 2.05) is 6.07 Å². The number of aromatic hydroxyl groups is 1. The lowest BCUT2D eigenvalue weighted by Gasteiger charge is -2.13. The highest BCUT2D eigenvalue weighted by Crippen LogP contribution is 2.34. The lowest BCUT2D eigenvalue weighted by atomic mass is 10.0. The number of hydrogen-bond donors (Lipinski definition) is 3. The Morgan fingerprint density at radius 1 is 0.944 bits per heavy atom. The van der Waals surface area contributed by atoms with Gasteiger partial charge in [0.2, 0.25) is 11.2 Å². The molecule has 3 aromatic carbocycles. The number of aromatic nitrogens is 3. The number of sulfone groups is 1. The summed E-state index contributed by atoms with van der Waals surface area (Å²) >= 11 is 6.15. The Morgan fingerprint density at radius 2 is 1.67 bits per heavy atom. The fraction of sp³-hybridized carbons (Fsp3) is 0.136. The number of methoxy groups -OCH3 is 1. The third kappa shape index (κ3) is 5.65. The van der Waals surface area contributed by atoms with Crippen LogP contribution in [0.5, 0.6) is 11.5 Å². The van der Waals surface area contributed by atoms with E-state index in [-0.39, 0.29) is 33.5 Å². The van der Waals surface area contributed by atoms with Crippen LogP contribution in [0.2, 0.25) is 5.28 Å². The molecule has 0 radical (unpaired) electrons. The molecule has 0 aliphatic rings. The molecule has 36 heavy (non-hydrogen) atoms. The van der Waals surface area contributed by atoms with Crippen LogP contribution in [0.1, 0.15) is 0 Å². The van der Waals surface area contributed by atoms with Gasteiger partial charge >= 0.3 is 0 Å². The second kappa shape index (κ2) is 9.85. The predicted molar refractivity (Wildman–Crippen MR) is 134 cm³/mol. The van der Waals surface area contributed by atoms with Crippen molar-refractivity contribution in [2.45, 2.75) is 4.90 Å². The van der Waals surface area contributed by atoms with E-state index < -0.39 is 31.5 Å². The molecule has 0 aliphatic heterocycles. The molecule has 0 bridgehead atoms. The maximum atomic E-state index is 12.5. The maximum Gasteiger partial charge on any atom is 0.265 e. The molecule has 4 aromatic rings. The van der Waals surface area contributed by atoms with E-state index in [0.717, 1.165) is 0 Å². The molecule has 0 amide bonds. The van der Waals surface area contributed by atoms with Gasteiger partial charge in [-0.05, 0) is 41.3 Å². The van der Waals surface area contributed by atoms with Crippen molar-refractivity contribution in [3.8, 4) is 22.9 Å². The Balaban J connectivity index is 1.69. The molecule has 0 saturated carbocycles. The number of benzene rings is 3. The van der Waals surface area contributed by atoms with Crippen LogP contribution in [0.4, 0.5) is 11.6 Å². The SMILES string of the molecule is COc1cc(S(=O)(=O)CCS(=O)(=O)O)ccc1Nc1nc(Cl)nc(-c2ccc(O)c3ccccc23)n1. The molecule has 3 N–H and O–H groups in total. The van der Waals surface area contributed by atoms with E-state index in [1.54, 1.807) is 24.3 Å². The molecule has 11 nitrogen and oxygen atoms in total. The van der Waals surface area contributed by atoms with Crippen molar-refractivity contribution in [2.24, 2.45) is 0 Å². The minimum atomic E-state index is -4.45. The second-order valence-electron chi connectivity index (χ2n) is 7.52. The molecule has 4 rings (SSSR count). The van der Waals surface area contributed by atoms with E-state index in [9.17, 15) is 21.9 Å². The summed E-state index contributed by atoms with van der Waals surface area (Å²) in [4.78, 5) is 12.5. The van der Waals surface area contributed by atoms with Gasteiger partial charge in [-0.2, -0.15) is 23.4 Å². The average Bonchev–Trinajstić information content (AvgIpc) is 2.82. The standard InChI is InChI=1S/C22H19ClN4O7S2/c1-34-19-12-13(35(29,30)10-11-36(31,32)33)6-8-17(19)24-22-26-20(25-21(23)27-22)16-7-9-18(28)15-5-3-2-4-14(15)16/h2-9,12,28H,10-11H2,1H3,(H,31,32,33)(H,24,25,26,27). The Kier molecular flexibility index (Phi) is 7.00. The van der Waals surface area contributed by atoms with Crippen LogP contribution < -0.4 is 10.1 Å². The molecule has 0 saturated heterocycles. The van der Waals surface area contributed by atoms with Crippen LogP contribution in [0.25, 0.3) is 22.2 Å². The van der Waals surface area contributed by atoms with Gasteiger partial charge in [-0.3, -0.25) is 4.55 Å². The highest BCUT2D eigenvalue weighted by molar-refractivity contribution is 7.93. The zero-order chi connectivity index (χ0) is 26.1. The smallest absolute Gasteiger partial charge is 0.265 e. The van der Waals surface area contributed by atoms with Crippen LogP contribution in [0, 0.1) is 0 Å². The van der Waals surface area contributed by atoms with Gasteiger partial charge in [0, 0.05) is 17.0 Å². The summed E-state index contributed by atoms with van der Waals surface area (Å²) in [5.41, 5.74) is 0.901. The minimum Gasteiger partial charge on any atom is -0.507 e. The van der Waals surface area contributed by atoms with Crippen molar-refractivity contribution < 1.29 is 31.2 Å². The lowest BCUT2D eigenvalue weighted by molar-refractivity contribution is 0.415. The predicted octanol–water partition coefficient (Wildman–Crippen LogP) is 3.46. The first-order valence-electron chi connectivity index (χ1n) is 10.2. The zero-order valence-corrected chi connectivity index (χ0v) is 21.0. The molecule has 0 aliphatic carbocycles. The van der Waals surface area contributed by atoms with Gasteiger partial charge in [-0.1, -0.05) is 24.3 Å². The molecular weight excluding hydrogens is 532 g/mol. The van der Waals surface area contributed by atoms with Crippen LogP contribution in [-0.4, -0.2) is 60.1 Å². The fourth-order valence-electron chi connectivity index (χ4n) is 3.43. The summed E-state index contributed by atoms with van der Waals surface area (Å²) in [5.74, 6) is -1.25. The van der Waals surface area contributed by atoms with Crippen molar-refractivity contribution in [2.75, 3.05) is 23.9 Å². The monoisotopic (exact) mass is 550 g/mol. The summed E-state index contributed by atoms with van der Waals surface area (Å²) in [7, 11) is -7.15. The summed E-state index contributed by atoms with van der Waals surface area (Å²) in [6.07, 6.45) is 0. The first-order chi connectivity index (χ1) is 17.0. The van der Waals surface area contributed by atoms with Crippen LogP contribution in [0.3, 0.4) is 0 Å². The number of nitrogens with zero attached hydrogens (tertiary/aromatic N) is 3. The molecule has 0 spiro atoms. The molecule has 188 valence electrons. The zero-order valence-electron chi connectivity index (χ0n) is 18.6. The van der Waals surface area contributed by atoms with Gasteiger partial charge in [-0.15, -0.1) is 0 Å². The van der Waals surface area contributed by atoms with Crippen molar-refractivity contribution in [1.82, 2.24) is 15.0 Å². The molecule has 0 fully saturated rings. The highest BCUT2D eigenvalue weighted by atomic mass is 35.5. The maximum absolute atomic E-state index is 12.5. The van der Waals surface area contributed by atoms with E-state index in [4.69, 9.17) is 20.9 Å². The third-order valence-electron chi connectivity index (χ3n) is 5.14. The van der Waals surface area contributed by atoms with Gasteiger partial charge in [0.15, 0.2) is 15.7 Å². The average molecular weight is 551 g/mol. The molecule has 0 atom stereocenters. The molecule has 14 heteroatoms. The Labute approximate surface area is 211 Å². The number of ether oxygens (including phenoxy) is 1. The first-order valence-corrected chi connectivity index (χ1v) is 13.9. The number of phenols is 1. The van der Waals surface area contributed by atoms with Crippen molar-refractivity contribution >= 4 is 54.0 Å². The number of rotatable bonds is 8. The number of halogens is 1. The quantitative estimate of drug-likeness (QED) is 0.274. The summed E-state index contributed by atoms with van der Waals surface area (Å²) in [6.45, 7) is 0. The Bertz CT molecular complexity index is 1680. The summed E-state index contributed by atoms with van der Waals surface area (Å²) in [5, 5.41) is 14.3. The first kappa shape index (κ1) is 25.6. The Hall–Kier alpha value is -3.52.